The summed E-state index contributed by atoms with van der Waals surface area (Å²) in [7, 11) is -3.28. The number of anilines is 1. The van der Waals surface area contributed by atoms with E-state index in [0.717, 1.165) is 24.8 Å². The van der Waals surface area contributed by atoms with Crippen LogP contribution >= 0.6 is 0 Å². The lowest BCUT2D eigenvalue weighted by molar-refractivity contribution is -0.116. The van der Waals surface area contributed by atoms with E-state index in [1.807, 2.05) is 0 Å². The Hall–Kier alpha value is -1.86. The first-order valence-corrected chi connectivity index (χ1v) is 9.77. The predicted molar refractivity (Wildman–Crippen MR) is 97.2 cm³/mol. The van der Waals surface area contributed by atoms with Crippen LogP contribution in [0.5, 0.6) is 0 Å². The van der Waals surface area contributed by atoms with Crippen LogP contribution in [-0.2, 0) is 19.6 Å². The van der Waals surface area contributed by atoms with Crippen LogP contribution in [-0.4, -0.2) is 40.3 Å². The first-order chi connectivity index (χ1) is 11.3. The van der Waals surface area contributed by atoms with Gasteiger partial charge in [0.1, 0.15) is 0 Å². The van der Waals surface area contributed by atoms with Gasteiger partial charge in [0.2, 0.25) is 15.9 Å². The number of sulfonamides is 1. The van der Waals surface area contributed by atoms with Crippen LogP contribution in [0.4, 0.5) is 5.69 Å². The Bertz CT molecular complexity index is 637. The van der Waals surface area contributed by atoms with Gasteiger partial charge in [0.15, 0.2) is 0 Å². The molecule has 0 fully saturated rings. The molecular formula is C17H26N2O4S. The lowest BCUT2D eigenvalue weighted by atomic mass is 10.2. The fourth-order valence-electron chi connectivity index (χ4n) is 1.81. The van der Waals surface area contributed by atoms with Crippen molar-refractivity contribution in [3.05, 3.63) is 35.9 Å². The van der Waals surface area contributed by atoms with Gasteiger partial charge in [-0.2, -0.15) is 0 Å². The largest absolute Gasteiger partial charge is 0.381 e. The van der Waals surface area contributed by atoms with E-state index in [9.17, 15) is 13.2 Å². The van der Waals surface area contributed by atoms with E-state index in [1.165, 1.54) is 6.08 Å². The highest BCUT2D eigenvalue weighted by atomic mass is 32.2. The molecule has 7 heteroatoms. The minimum absolute atomic E-state index is 0.169. The predicted octanol–water partition coefficient (Wildman–Crippen LogP) is 2.25. The van der Waals surface area contributed by atoms with Gasteiger partial charge in [-0.05, 0) is 36.1 Å². The first-order valence-electron chi connectivity index (χ1n) is 7.88. The van der Waals surface area contributed by atoms with Crippen molar-refractivity contribution < 1.29 is 17.9 Å². The van der Waals surface area contributed by atoms with Gasteiger partial charge in [0.25, 0.3) is 0 Å². The van der Waals surface area contributed by atoms with Crippen LogP contribution in [0.15, 0.2) is 30.3 Å². The zero-order chi connectivity index (χ0) is 18.0. The average Bonchev–Trinajstić information content (AvgIpc) is 2.48. The topological polar surface area (TPSA) is 84.5 Å². The molecule has 2 N–H and O–H groups in total. The molecule has 0 aromatic heterocycles. The number of hydrogen-bond acceptors (Lipinski definition) is 4. The number of carbonyl (C=O) groups is 1. The van der Waals surface area contributed by atoms with Crippen LogP contribution in [0.1, 0.15) is 25.8 Å². The Labute approximate surface area is 144 Å². The van der Waals surface area contributed by atoms with Crippen LogP contribution in [0.3, 0.4) is 0 Å². The number of benzene rings is 1. The standard InChI is InChI=1S/C17H26N2O4S/c1-14(2)13-23-12-4-11-18-17(20)10-7-15-5-8-16(9-6-15)19-24(3,21)22/h5-10,14,19H,4,11-13H2,1-3H3,(H,18,20)/b10-7+. The summed E-state index contributed by atoms with van der Waals surface area (Å²) >= 11 is 0. The van der Waals surface area contributed by atoms with E-state index in [2.05, 4.69) is 23.9 Å². The Morgan fingerprint density at radius 1 is 1.25 bits per heavy atom. The number of rotatable bonds is 10. The fourth-order valence-corrected chi connectivity index (χ4v) is 2.38. The third-order valence-corrected chi connectivity index (χ3v) is 3.46. The normalized spacial score (nSPS) is 11.8. The molecule has 134 valence electrons. The molecule has 0 saturated carbocycles. The van der Waals surface area contributed by atoms with E-state index < -0.39 is 10.0 Å². The minimum atomic E-state index is -3.28. The van der Waals surface area contributed by atoms with Crippen molar-refractivity contribution in [3.8, 4) is 0 Å². The highest BCUT2D eigenvalue weighted by molar-refractivity contribution is 7.92. The molecule has 1 aromatic rings. The molecule has 1 amide bonds. The molecule has 0 saturated heterocycles. The van der Waals surface area contributed by atoms with E-state index >= 15 is 0 Å². The van der Waals surface area contributed by atoms with Gasteiger partial charge in [0.05, 0.1) is 6.26 Å². The summed E-state index contributed by atoms with van der Waals surface area (Å²) in [5.74, 6) is 0.346. The molecule has 0 radical (unpaired) electrons. The lowest BCUT2D eigenvalue weighted by Gasteiger charge is -2.06. The maximum atomic E-state index is 11.7. The summed E-state index contributed by atoms with van der Waals surface area (Å²) in [6.07, 6.45) is 5.00. The molecule has 0 aliphatic heterocycles. The Balaban J connectivity index is 2.31. The quantitative estimate of drug-likeness (QED) is 0.498. The van der Waals surface area contributed by atoms with Gasteiger partial charge in [0, 0.05) is 31.5 Å². The number of amides is 1. The van der Waals surface area contributed by atoms with E-state index in [-0.39, 0.29) is 5.91 Å². The van der Waals surface area contributed by atoms with Crippen molar-refractivity contribution in [1.29, 1.82) is 0 Å². The molecule has 1 aromatic carbocycles. The van der Waals surface area contributed by atoms with Crippen molar-refractivity contribution in [2.45, 2.75) is 20.3 Å². The molecule has 0 aliphatic rings. The summed E-state index contributed by atoms with van der Waals surface area (Å²) in [4.78, 5) is 11.7. The second-order valence-electron chi connectivity index (χ2n) is 5.94. The van der Waals surface area contributed by atoms with Gasteiger partial charge in [-0.1, -0.05) is 26.0 Å². The van der Waals surface area contributed by atoms with Crippen molar-refractivity contribution in [2.24, 2.45) is 5.92 Å². The molecule has 1 rings (SSSR count). The average molecular weight is 354 g/mol. The van der Waals surface area contributed by atoms with Gasteiger partial charge >= 0.3 is 0 Å². The molecule has 0 unspecified atom stereocenters. The van der Waals surface area contributed by atoms with Crippen LogP contribution in [0, 0.1) is 5.92 Å². The van der Waals surface area contributed by atoms with Gasteiger partial charge in [-0.3, -0.25) is 9.52 Å². The Morgan fingerprint density at radius 3 is 2.50 bits per heavy atom. The smallest absolute Gasteiger partial charge is 0.244 e. The van der Waals surface area contributed by atoms with E-state index in [4.69, 9.17) is 4.74 Å². The maximum absolute atomic E-state index is 11.7. The van der Waals surface area contributed by atoms with Crippen LogP contribution in [0.25, 0.3) is 6.08 Å². The summed E-state index contributed by atoms with van der Waals surface area (Å²) < 4.78 is 30.0. The van der Waals surface area contributed by atoms with Crippen molar-refractivity contribution in [3.63, 3.8) is 0 Å². The minimum Gasteiger partial charge on any atom is -0.381 e. The second-order valence-corrected chi connectivity index (χ2v) is 7.69. The third kappa shape index (κ3) is 10.0. The monoisotopic (exact) mass is 354 g/mol. The molecule has 0 aliphatic carbocycles. The second kappa shape index (κ2) is 10.1. The highest BCUT2D eigenvalue weighted by Crippen LogP contribution is 2.11. The maximum Gasteiger partial charge on any atom is 0.244 e. The molecule has 0 atom stereocenters. The Morgan fingerprint density at radius 2 is 1.92 bits per heavy atom. The number of nitrogens with one attached hydrogen (secondary N) is 2. The van der Waals surface area contributed by atoms with E-state index in [1.54, 1.807) is 30.3 Å². The Kier molecular flexibility index (Phi) is 8.49. The van der Waals surface area contributed by atoms with Gasteiger partial charge in [-0.25, -0.2) is 8.42 Å². The zero-order valence-electron chi connectivity index (χ0n) is 14.4. The summed E-state index contributed by atoms with van der Waals surface area (Å²) in [6, 6.07) is 6.75. The zero-order valence-corrected chi connectivity index (χ0v) is 15.2. The van der Waals surface area contributed by atoms with Crippen molar-refractivity contribution in [2.75, 3.05) is 30.7 Å². The molecule has 6 nitrogen and oxygen atoms in total. The lowest BCUT2D eigenvalue weighted by Crippen LogP contribution is -2.23. The van der Waals surface area contributed by atoms with Gasteiger partial charge < -0.3 is 10.1 Å². The SMILES string of the molecule is CC(C)COCCCNC(=O)/C=C/c1ccc(NS(C)(=O)=O)cc1. The van der Waals surface area contributed by atoms with Crippen molar-refractivity contribution in [1.82, 2.24) is 5.32 Å². The first kappa shape index (κ1) is 20.2. The third-order valence-electron chi connectivity index (χ3n) is 2.86. The fraction of sp³-hybridized carbons (Fsp3) is 0.471. The highest BCUT2D eigenvalue weighted by Gasteiger charge is 2.01. The number of ether oxygens (including phenoxy) is 1. The van der Waals surface area contributed by atoms with Crippen LogP contribution < -0.4 is 10.0 Å². The molecule has 0 bridgehead atoms. The van der Waals surface area contributed by atoms with Crippen molar-refractivity contribution >= 4 is 27.7 Å². The number of carbonyl (C=O) groups excluding carboxylic acids is 1. The summed E-state index contributed by atoms with van der Waals surface area (Å²) in [6.45, 7) is 6.13. The van der Waals surface area contributed by atoms with Gasteiger partial charge in [-0.15, -0.1) is 0 Å². The summed E-state index contributed by atoms with van der Waals surface area (Å²) in [5.41, 5.74) is 1.30. The molecule has 0 spiro atoms. The van der Waals surface area contributed by atoms with Crippen LogP contribution in [0.2, 0.25) is 0 Å². The van der Waals surface area contributed by atoms with E-state index in [0.29, 0.717) is 24.8 Å². The molecular weight excluding hydrogens is 328 g/mol. The molecule has 0 heterocycles. The molecule has 24 heavy (non-hydrogen) atoms. The number of hydrogen-bond donors (Lipinski definition) is 2. The summed E-state index contributed by atoms with van der Waals surface area (Å²) in [5, 5.41) is 2.79.